The van der Waals surface area contributed by atoms with Gasteiger partial charge in [-0.15, -0.1) is 0 Å². The van der Waals surface area contributed by atoms with E-state index in [9.17, 15) is 14.9 Å². The molecule has 0 unspecified atom stereocenters. The highest BCUT2D eigenvalue weighted by molar-refractivity contribution is 6.30. The van der Waals surface area contributed by atoms with Crippen molar-refractivity contribution in [3.05, 3.63) is 57.9 Å². The molecule has 1 saturated heterocycles. The molecule has 0 spiro atoms. The van der Waals surface area contributed by atoms with Crippen molar-refractivity contribution in [2.45, 2.75) is 20.4 Å². The van der Waals surface area contributed by atoms with E-state index in [-0.39, 0.29) is 11.5 Å². The van der Waals surface area contributed by atoms with Gasteiger partial charge in [0.25, 0.3) is 5.91 Å². The molecule has 0 aliphatic carbocycles. The number of aromatic nitrogens is 1. The number of amides is 1. The van der Waals surface area contributed by atoms with Crippen LogP contribution in [0, 0.1) is 25.2 Å². The van der Waals surface area contributed by atoms with Crippen LogP contribution in [0.1, 0.15) is 17.0 Å². The summed E-state index contributed by atoms with van der Waals surface area (Å²) >= 11 is 6.07. The minimum atomic E-state index is -0.810. The first-order valence-corrected chi connectivity index (χ1v) is 11.4. The molecule has 1 aromatic heterocycles. The third-order valence-corrected chi connectivity index (χ3v) is 6.14. The fourth-order valence-electron chi connectivity index (χ4n) is 3.98. The van der Waals surface area contributed by atoms with Gasteiger partial charge in [-0.25, -0.2) is 4.79 Å². The van der Waals surface area contributed by atoms with Gasteiger partial charge in [0.1, 0.15) is 11.6 Å². The van der Waals surface area contributed by atoms with E-state index in [1.165, 1.54) is 6.08 Å². The third kappa shape index (κ3) is 6.19. The molecule has 9 heteroatoms. The number of rotatable bonds is 8. The van der Waals surface area contributed by atoms with Crippen molar-refractivity contribution in [3.8, 4) is 6.07 Å². The summed E-state index contributed by atoms with van der Waals surface area (Å²) in [7, 11) is 1.64. The highest BCUT2D eigenvalue weighted by atomic mass is 35.5. The van der Waals surface area contributed by atoms with Gasteiger partial charge in [0.2, 0.25) is 0 Å². The predicted octanol–water partition coefficient (Wildman–Crippen LogP) is 3.20. The normalized spacial score (nSPS) is 14.1. The van der Waals surface area contributed by atoms with Gasteiger partial charge in [0.15, 0.2) is 6.61 Å². The molecule has 2 heterocycles. The number of carbonyl (C=O) groups is 2. The Morgan fingerprint density at radius 1 is 1.18 bits per heavy atom. The molecule has 8 nitrogen and oxygen atoms in total. The number of nitrogens with zero attached hydrogens (tertiary/aromatic N) is 4. The van der Waals surface area contributed by atoms with Gasteiger partial charge in [0, 0.05) is 61.9 Å². The molecule has 0 N–H and O–H groups in total. The molecule has 1 fully saturated rings. The van der Waals surface area contributed by atoms with Crippen molar-refractivity contribution in [3.63, 3.8) is 0 Å². The van der Waals surface area contributed by atoms with E-state index in [2.05, 4.69) is 9.47 Å². The second-order valence-electron chi connectivity index (χ2n) is 8.06. The van der Waals surface area contributed by atoms with E-state index in [0.29, 0.717) is 44.4 Å². The average Bonchev–Trinajstić information content (AvgIpc) is 3.11. The summed E-state index contributed by atoms with van der Waals surface area (Å²) in [6.07, 6.45) is 1.50. The number of benzene rings is 1. The maximum Gasteiger partial charge on any atom is 0.349 e. The van der Waals surface area contributed by atoms with E-state index in [0.717, 1.165) is 22.6 Å². The number of methoxy groups -OCH3 is 1. The van der Waals surface area contributed by atoms with Crippen LogP contribution in [0.2, 0.25) is 5.02 Å². The number of hydrogen-bond donors (Lipinski definition) is 0. The number of carbonyl (C=O) groups excluding carboxylic acids is 2. The molecule has 180 valence electrons. The topological polar surface area (TPSA) is 87.8 Å². The Morgan fingerprint density at radius 2 is 1.91 bits per heavy atom. The lowest BCUT2D eigenvalue weighted by molar-refractivity contribution is -0.148. The van der Waals surface area contributed by atoms with Gasteiger partial charge in [0.05, 0.1) is 6.61 Å². The predicted molar refractivity (Wildman–Crippen MR) is 131 cm³/mol. The van der Waals surface area contributed by atoms with Gasteiger partial charge in [-0.1, -0.05) is 17.7 Å². The zero-order valence-electron chi connectivity index (χ0n) is 19.7. The van der Waals surface area contributed by atoms with Crippen LogP contribution in [0.25, 0.3) is 6.08 Å². The number of nitriles is 1. The molecule has 1 amide bonds. The zero-order valence-corrected chi connectivity index (χ0v) is 20.5. The van der Waals surface area contributed by atoms with Crippen molar-refractivity contribution in [2.24, 2.45) is 0 Å². The van der Waals surface area contributed by atoms with E-state index in [1.807, 2.05) is 50.2 Å². The molecule has 3 rings (SSSR count). The van der Waals surface area contributed by atoms with Crippen LogP contribution in [-0.4, -0.2) is 67.8 Å². The van der Waals surface area contributed by atoms with Crippen LogP contribution in [0.5, 0.6) is 0 Å². The minimum Gasteiger partial charge on any atom is -0.451 e. The summed E-state index contributed by atoms with van der Waals surface area (Å²) in [6.45, 7) is 7.03. The van der Waals surface area contributed by atoms with Gasteiger partial charge >= 0.3 is 5.97 Å². The van der Waals surface area contributed by atoms with Gasteiger partial charge in [-0.2, -0.15) is 5.26 Å². The van der Waals surface area contributed by atoms with Gasteiger partial charge < -0.3 is 23.8 Å². The van der Waals surface area contributed by atoms with E-state index >= 15 is 0 Å². The first-order chi connectivity index (χ1) is 16.3. The first kappa shape index (κ1) is 25.3. The van der Waals surface area contributed by atoms with Crippen molar-refractivity contribution in [1.82, 2.24) is 9.47 Å². The van der Waals surface area contributed by atoms with Crippen LogP contribution in [0.4, 0.5) is 5.69 Å². The van der Waals surface area contributed by atoms with Crippen LogP contribution in [0.15, 0.2) is 35.9 Å². The third-order valence-electron chi connectivity index (χ3n) is 5.90. The molecule has 0 bridgehead atoms. The largest absolute Gasteiger partial charge is 0.451 e. The summed E-state index contributed by atoms with van der Waals surface area (Å²) in [4.78, 5) is 28.9. The second kappa shape index (κ2) is 11.7. The Morgan fingerprint density at radius 3 is 2.56 bits per heavy atom. The van der Waals surface area contributed by atoms with Crippen LogP contribution in [0.3, 0.4) is 0 Å². The van der Waals surface area contributed by atoms with E-state index in [1.54, 1.807) is 12.0 Å². The molecule has 0 saturated carbocycles. The zero-order chi connectivity index (χ0) is 24.7. The number of piperazine rings is 1. The maximum atomic E-state index is 12.6. The number of hydrogen-bond acceptors (Lipinski definition) is 6. The summed E-state index contributed by atoms with van der Waals surface area (Å²) in [6, 6.07) is 11.4. The van der Waals surface area contributed by atoms with Crippen molar-refractivity contribution < 1.29 is 19.1 Å². The molecule has 2 aromatic rings. The summed E-state index contributed by atoms with van der Waals surface area (Å²) in [5, 5.41) is 10.1. The van der Waals surface area contributed by atoms with Crippen molar-refractivity contribution >= 4 is 35.2 Å². The molecule has 1 aliphatic rings. The molecule has 34 heavy (non-hydrogen) atoms. The summed E-state index contributed by atoms with van der Waals surface area (Å²) in [5.74, 6) is -1.09. The minimum absolute atomic E-state index is 0.148. The lowest BCUT2D eigenvalue weighted by Crippen LogP contribution is -2.49. The van der Waals surface area contributed by atoms with E-state index < -0.39 is 12.6 Å². The van der Waals surface area contributed by atoms with Gasteiger partial charge in [-0.05, 0) is 49.8 Å². The molecule has 0 radical (unpaired) electrons. The Labute approximate surface area is 204 Å². The fraction of sp³-hybridized carbons (Fsp3) is 0.400. The summed E-state index contributed by atoms with van der Waals surface area (Å²) in [5.41, 5.74) is 3.54. The molecule has 1 aromatic carbocycles. The standard InChI is InChI=1S/C25H29ClN4O4/c1-18-13-20(19(2)30(18)11-12-33-3)14-21(16-27)25(32)34-17-24(31)29-9-7-28(8-10-29)23-6-4-5-22(26)15-23/h4-6,13-15H,7-12,17H2,1-3H3/b21-14+. The molecular formula is C25H29ClN4O4. The smallest absolute Gasteiger partial charge is 0.349 e. The van der Waals surface area contributed by atoms with Crippen molar-refractivity contribution in [2.75, 3.05) is 51.4 Å². The number of esters is 1. The number of aryl methyl sites for hydroxylation is 1. The van der Waals surface area contributed by atoms with Crippen molar-refractivity contribution in [1.29, 1.82) is 5.26 Å². The molecular weight excluding hydrogens is 456 g/mol. The van der Waals surface area contributed by atoms with E-state index in [4.69, 9.17) is 21.1 Å². The lowest BCUT2D eigenvalue weighted by atomic mass is 10.1. The summed E-state index contributed by atoms with van der Waals surface area (Å²) < 4.78 is 12.4. The lowest BCUT2D eigenvalue weighted by Gasteiger charge is -2.36. The van der Waals surface area contributed by atoms with Crippen LogP contribution >= 0.6 is 11.6 Å². The highest BCUT2D eigenvalue weighted by Gasteiger charge is 2.23. The number of anilines is 1. The number of halogens is 1. The van der Waals surface area contributed by atoms with Crippen LogP contribution < -0.4 is 4.90 Å². The Hall–Kier alpha value is -3.28. The second-order valence-corrected chi connectivity index (χ2v) is 8.50. The molecule has 1 aliphatic heterocycles. The fourth-order valence-corrected chi connectivity index (χ4v) is 4.16. The Bertz CT molecular complexity index is 1110. The molecule has 0 atom stereocenters. The van der Waals surface area contributed by atoms with Gasteiger partial charge in [-0.3, -0.25) is 4.79 Å². The Balaban J connectivity index is 1.55. The first-order valence-electron chi connectivity index (χ1n) is 11.1. The Kier molecular flexibility index (Phi) is 8.74. The van der Waals surface area contributed by atoms with Crippen LogP contribution in [-0.2, 0) is 25.6 Å². The number of ether oxygens (including phenoxy) is 2. The SMILES string of the molecule is COCCn1c(C)cc(/C=C(\C#N)C(=O)OCC(=O)N2CCN(c3cccc(Cl)c3)CC2)c1C. The maximum absolute atomic E-state index is 12.6. The quantitative estimate of drug-likeness (QED) is 0.325. The highest BCUT2D eigenvalue weighted by Crippen LogP contribution is 2.21. The monoisotopic (exact) mass is 484 g/mol. The average molecular weight is 485 g/mol.